The van der Waals surface area contributed by atoms with Crippen LogP contribution in [0.4, 0.5) is 0 Å². The summed E-state index contributed by atoms with van der Waals surface area (Å²) in [6.45, 7) is 16.0. The highest BCUT2D eigenvalue weighted by molar-refractivity contribution is 5.67. The van der Waals surface area contributed by atoms with E-state index in [0.717, 1.165) is 5.56 Å². The summed E-state index contributed by atoms with van der Waals surface area (Å²) in [7, 11) is 0. The van der Waals surface area contributed by atoms with Gasteiger partial charge in [-0.2, -0.15) is 0 Å². The molecule has 0 aliphatic rings. The lowest BCUT2D eigenvalue weighted by Gasteiger charge is -1.95. The summed E-state index contributed by atoms with van der Waals surface area (Å²) in [5, 5.41) is 8.37. The summed E-state index contributed by atoms with van der Waals surface area (Å²) in [4.78, 5) is 10.2. The molecule has 114 valence electrons. The lowest BCUT2D eigenvalue weighted by Crippen LogP contribution is -1.96. The molecule has 0 atom stereocenters. The Morgan fingerprint density at radius 1 is 0.842 bits per heavy atom. The molecule has 1 rings (SSSR count). The summed E-state index contributed by atoms with van der Waals surface area (Å²) >= 11 is 0. The first-order valence-corrected chi connectivity index (χ1v) is 7.55. The second kappa shape index (κ2) is 30.1. The Bertz CT molecular complexity index is 230. The molecule has 1 aromatic carbocycles. The molecule has 1 aromatic rings. The molecule has 2 nitrogen and oxygen atoms in total. The van der Waals surface area contributed by atoms with E-state index in [1.165, 1.54) is 0 Å². The van der Waals surface area contributed by atoms with Gasteiger partial charge in [-0.25, -0.2) is 0 Å². The van der Waals surface area contributed by atoms with Crippen LogP contribution in [0.15, 0.2) is 30.3 Å². The first-order chi connectivity index (χ1) is 9.29. The van der Waals surface area contributed by atoms with Gasteiger partial charge >= 0.3 is 5.97 Å². The predicted octanol–water partition coefficient (Wildman–Crippen LogP) is 5.81. The number of hydrogen-bond donors (Lipinski definition) is 1. The minimum absolute atomic E-state index is 0.212. The molecule has 0 fully saturated rings. The van der Waals surface area contributed by atoms with Crippen LogP contribution in [-0.2, 0) is 11.2 Å². The van der Waals surface area contributed by atoms with Crippen LogP contribution >= 0.6 is 0 Å². The molecule has 0 spiro atoms. The summed E-state index contributed by atoms with van der Waals surface area (Å²) in [5.41, 5.74) is 1.08. The second-order valence-corrected chi connectivity index (χ2v) is 2.38. The van der Waals surface area contributed by atoms with Crippen LogP contribution in [0.5, 0.6) is 0 Å². The third-order valence-electron chi connectivity index (χ3n) is 1.47. The SMILES string of the molecule is CC.CC.CC.CC.O=C(O)CCc1ccccc1. The van der Waals surface area contributed by atoms with E-state index in [4.69, 9.17) is 5.11 Å². The van der Waals surface area contributed by atoms with Gasteiger partial charge in [-0.05, 0) is 12.0 Å². The Balaban J connectivity index is -0.000000121. The molecule has 0 saturated carbocycles. The van der Waals surface area contributed by atoms with Crippen molar-refractivity contribution in [3.63, 3.8) is 0 Å². The molecule has 0 radical (unpaired) electrons. The van der Waals surface area contributed by atoms with Gasteiger partial charge in [0.2, 0.25) is 0 Å². The van der Waals surface area contributed by atoms with E-state index < -0.39 is 5.97 Å². The van der Waals surface area contributed by atoms with E-state index in [2.05, 4.69) is 0 Å². The van der Waals surface area contributed by atoms with Crippen LogP contribution in [0.2, 0.25) is 0 Å². The molecule has 0 aliphatic carbocycles. The van der Waals surface area contributed by atoms with Crippen LogP contribution in [0.3, 0.4) is 0 Å². The zero-order valence-electron chi connectivity index (χ0n) is 14.2. The number of hydrogen-bond acceptors (Lipinski definition) is 1. The van der Waals surface area contributed by atoms with E-state index >= 15 is 0 Å². The van der Waals surface area contributed by atoms with Crippen LogP contribution in [0.25, 0.3) is 0 Å². The zero-order chi connectivity index (χ0) is 16.1. The Morgan fingerprint density at radius 2 is 1.21 bits per heavy atom. The van der Waals surface area contributed by atoms with Crippen LogP contribution in [-0.4, -0.2) is 11.1 Å². The van der Waals surface area contributed by atoms with Gasteiger partial charge in [-0.15, -0.1) is 0 Å². The van der Waals surface area contributed by atoms with Crippen molar-refractivity contribution >= 4 is 5.97 Å². The van der Waals surface area contributed by atoms with Crippen LogP contribution in [0.1, 0.15) is 67.4 Å². The van der Waals surface area contributed by atoms with Gasteiger partial charge in [0.25, 0.3) is 0 Å². The molecule has 0 bridgehead atoms. The van der Waals surface area contributed by atoms with E-state index in [9.17, 15) is 4.79 Å². The van der Waals surface area contributed by atoms with Crippen molar-refractivity contribution in [2.45, 2.75) is 68.2 Å². The molecule has 0 heterocycles. The molecular formula is C17H34O2. The highest BCUT2D eigenvalue weighted by Gasteiger charge is 1.96. The molecule has 0 saturated heterocycles. The average molecular weight is 270 g/mol. The van der Waals surface area contributed by atoms with Gasteiger partial charge in [0, 0.05) is 6.42 Å². The monoisotopic (exact) mass is 270 g/mol. The van der Waals surface area contributed by atoms with Gasteiger partial charge < -0.3 is 5.11 Å². The van der Waals surface area contributed by atoms with Gasteiger partial charge in [-0.1, -0.05) is 85.7 Å². The molecule has 1 N–H and O–H groups in total. The fourth-order valence-corrected chi connectivity index (χ4v) is 0.896. The van der Waals surface area contributed by atoms with Crippen LogP contribution < -0.4 is 0 Å². The fraction of sp³-hybridized carbons (Fsp3) is 0.588. The van der Waals surface area contributed by atoms with Crippen LogP contribution in [0, 0.1) is 0 Å². The Kier molecular flexibility index (Phi) is 41.6. The number of aryl methyl sites for hydroxylation is 1. The Labute approximate surface area is 120 Å². The molecule has 0 aromatic heterocycles. The highest BCUT2D eigenvalue weighted by atomic mass is 16.4. The summed E-state index contributed by atoms with van der Waals surface area (Å²) in [5.74, 6) is -0.742. The van der Waals surface area contributed by atoms with E-state index in [0.29, 0.717) is 6.42 Å². The Hall–Kier alpha value is -1.31. The minimum atomic E-state index is -0.742. The fourth-order valence-electron chi connectivity index (χ4n) is 0.896. The van der Waals surface area contributed by atoms with Crippen molar-refractivity contribution in [3.05, 3.63) is 35.9 Å². The van der Waals surface area contributed by atoms with Gasteiger partial charge in [-0.3, -0.25) is 4.79 Å². The summed E-state index contributed by atoms with van der Waals surface area (Å²) in [6, 6.07) is 9.62. The molecule has 0 unspecified atom stereocenters. The van der Waals surface area contributed by atoms with Gasteiger partial charge in [0.05, 0.1) is 0 Å². The smallest absolute Gasteiger partial charge is 0.303 e. The lowest BCUT2D eigenvalue weighted by atomic mass is 10.1. The second-order valence-electron chi connectivity index (χ2n) is 2.38. The third-order valence-corrected chi connectivity index (χ3v) is 1.47. The third kappa shape index (κ3) is 26.4. The van der Waals surface area contributed by atoms with Crippen molar-refractivity contribution in [3.8, 4) is 0 Å². The average Bonchev–Trinajstić information content (AvgIpc) is 2.54. The summed E-state index contributed by atoms with van der Waals surface area (Å²) < 4.78 is 0. The van der Waals surface area contributed by atoms with Gasteiger partial charge in [0.1, 0.15) is 0 Å². The van der Waals surface area contributed by atoms with E-state index in [-0.39, 0.29) is 6.42 Å². The van der Waals surface area contributed by atoms with Crippen molar-refractivity contribution < 1.29 is 9.90 Å². The quantitative estimate of drug-likeness (QED) is 0.752. The van der Waals surface area contributed by atoms with Crippen molar-refractivity contribution in [2.75, 3.05) is 0 Å². The number of carbonyl (C=O) groups is 1. The number of rotatable bonds is 3. The first-order valence-electron chi connectivity index (χ1n) is 7.55. The Morgan fingerprint density at radius 3 is 1.53 bits per heavy atom. The largest absolute Gasteiger partial charge is 0.481 e. The standard InChI is InChI=1S/C9H10O2.4C2H6/c10-9(11)7-6-8-4-2-1-3-5-8;4*1-2/h1-5H,6-7H2,(H,10,11);4*1-2H3. The van der Waals surface area contributed by atoms with Crippen molar-refractivity contribution in [1.29, 1.82) is 0 Å². The number of benzene rings is 1. The molecule has 0 aliphatic heterocycles. The molecule has 19 heavy (non-hydrogen) atoms. The zero-order valence-corrected chi connectivity index (χ0v) is 14.2. The summed E-state index contributed by atoms with van der Waals surface area (Å²) in [6.07, 6.45) is 0.834. The topological polar surface area (TPSA) is 37.3 Å². The maximum Gasteiger partial charge on any atom is 0.303 e. The maximum atomic E-state index is 10.2. The van der Waals surface area contributed by atoms with Crippen molar-refractivity contribution in [1.82, 2.24) is 0 Å². The predicted molar refractivity (Wildman–Crippen MR) is 87.8 cm³/mol. The molecule has 2 heteroatoms. The van der Waals surface area contributed by atoms with E-state index in [1.807, 2.05) is 85.7 Å². The lowest BCUT2D eigenvalue weighted by molar-refractivity contribution is -0.136. The van der Waals surface area contributed by atoms with Gasteiger partial charge in [0.15, 0.2) is 0 Å². The number of carboxylic acids is 1. The first kappa shape index (κ1) is 26.3. The minimum Gasteiger partial charge on any atom is -0.481 e. The highest BCUT2D eigenvalue weighted by Crippen LogP contribution is 2.01. The number of aliphatic carboxylic acids is 1. The van der Waals surface area contributed by atoms with Crippen molar-refractivity contribution in [2.24, 2.45) is 0 Å². The number of carboxylic acid groups (broad SMARTS) is 1. The normalized spacial score (nSPS) is 6.74. The van der Waals surface area contributed by atoms with E-state index in [1.54, 1.807) is 0 Å². The molecular weight excluding hydrogens is 236 g/mol. The molecule has 0 amide bonds. The maximum absolute atomic E-state index is 10.2.